The van der Waals surface area contributed by atoms with E-state index in [2.05, 4.69) is 0 Å². The Balaban J connectivity index is 2.33. The molecule has 1 N–H and O–H groups in total. The second-order valence-electron chi connectivity index (χ2n) is 4.23. The van der Waals surface area contributed by atoms with Crippen LogP contribution in [0.4, 0.5) is 0 Å². The third-order valence-electron chi connectivity index (χ3n) is 3.12. The molecule has 96 valence electrons. The van der Waals surface area contributed by atoms with Gasteiger partial charge >= 0.3 is 0 Å². The molecule has 18 heavy (non-hydrogen) atoms. The number of nitriles is 1. The molecule has 2 rings (SSSR count). The average Bonchev–Trinajstić information content (AvgIpc) is 2.88. The predicted octanol–water partition coefficient (Wildman–Crippen LogP) is 0.704. The molecule has 1 aliphatic rings. The van der Waals surface area contributed by atoms with E-state index in [0.717, 1.165) is 6.42 Å². The van der Waals surface area contributed by atoms with Crippen molar-refractivity contribution in [3.63, 3.8) is 0 Å². The van der Waals surface area contributed by atoms with Crippen molar-refractivity contribution in [1.29, 1.82) is 5.26 Å². The van der Waals surface area contributed by atoms with Crippen LogP contribution in [-0.4, -0.2) is 37.0 Å². The maximum Gasteiger partial charge on any atom is 0.243 e. The van der Waals surface area contributed by atoms with Gasteiger partial charge in [0.15, 0.2) is 0 Å². The topological polar surface area (TPSA) is 81.4 Å². The van der Waals surface area contributed by atoms with Gasteiger partial charge in [-0.2, -0.15) is 9.57 Å². The van der Waals surface area contributed by atoms with Gasteiger partial charge in [-0.25, -0.2) is 8.42 Å². The van der Waals surface area contributed by atoms with Gasteiger partial charge in [0.1, 0.15) is 0 Å². The first-order valence-corrected chi connectivity index (χ1v) is 7.16. The lowest BCUT2D eigenvalue weighted by atomic mass is 10.2. The summed E-state index contributed by atoms with van der Waals surface area (Å²) >= 11 is 0. The van der Waals surface area contributed by atoms with E-state index in [-0.39, 0.29) is 17.5 Å². The summed E-state index contributed by atoms with van der Waals surface area (Å²) < 4.78 is 26.0. The fourth-order valence-corrected chi connectivity index (χ4v) is 3.83. The van der Waals surface area contributed by atoms with E-state index in [1.165, 1.54) is 28.6 Å². The van der Waals surface area contributed by atoms with Crippen LogP contribution in [-0.2, 0) is 10.0 Å². The van der Waals surface area contributed by atoms with Crippen LogP contribution in [0.2, 0.25) is 0 Å². The second kappa shape index (κ2) is 5.06. The van der Waals surface area contributed by atoms with Gasteiger partial charge in [0.05, 0.1) is 23.1 Å². The van der Waals surface area contributed by atoms with Gasteiger partial charge in [0.2, 0.25) is 10.0 Å². The van der Waals surface area contributed by atoms with Crippen molar-refractivity contribution >= 4 is 10.0 Å². The van der Waals surface area contributed by atoms with Gasteiger partial charge in [-0.15, -0.1) is 0 Å². The Morgan fingerprint density at radius 3 is 2.61 bits per heavy atom. The maximum atomic E-state index is 12.3. The standard InChI is InChI=1S/C12H14N2O3S/c13-8-10-3-5-12(6-4-10)18(16,17)14-7-1-2-11(14)9-15/h3-6,11,15H,1-2,7,9H2. The van der Waals surface area contributed by atoms with Gasteiger partial charge in [0.25, 0.3) is 0 Å². The smallest absolute Gasteiger partial charge is 0.243 e. The van der Waals surface area contributed by atoms with Crippen LogP contribution in [0.5, 0.6) is 0 Å². The minimum Gasteiger partial charge on any atom is -0.395 e. The summed E-state index contributed by atoms with van der Waals surface area (Å²) in [4.78, 5) is 0.168. The molecule has 1 fully saturated rings. The van der Waals surface area contributed by atoms with Crippen molar-refractivity contribution < 1.29 is 13.5 Å². The highest BCUT2D eigenvalue weighted by molar-refractivity contribution is 7.89. The normalized spacial score (nSPS) is 20.8. The van der Waals surface area contributed by atoms with Crippen molar-refractivity contribution in [3.8, 4) is 6.07 Å². The third-order valence-corrected chi connectivity index (χ3v) is 5.09. The molecule has 0 saturated carbocycles. The molecule has 1 aromatic carbocycles. The first-order chi connectivity index (χ1) is 8.59. The molecule has 1 unspecified atom stereocenters. The molecule has 0 bridgehead atoms. The molecule has 1 atom stereocenters. The van der Waals surface area contributed by atoms with E-state index < -0.39 is 10.0 Å². The van der Waals surface area contributed by atoms with Crippen LogP contribution in [0.3, 0.4) is 0 Å². The monoisotopic (exact) mass is 266 g/mol. The Morgan fingerprint density at radius 1 is 1.39 bits per heavy atom. The summed E-state index contributed by atoms with van der Waals surface area (Å²) in [6, 6.07) is 7.45. The van der Waals surface area contributed by atoms with Crippen molar-refractivity contribution in [3.05, 3.63) is 29.8 Å². The van der Waals surface area contributed by atoms with E-state index in [4.69, 9.17) is 5.26 Å². The number of benzene rings is 1. The summed E-state index contributed by atoms with van der Waals surface area (Å²) in [5.41, 5.74) is 0.425. The zero-order valence-corrected chi connectivity index (χ0v) is 10.6. The molecule has 0 spiro atoms. The fraction of sp³-hybridized carbons (Fsp3) is 0.417. The molecule has 6 heteroatoms. The lowest BCUT2D eigenvalue weighted by Gasteiger charge is -2.22. The van der Waals surface area contributed by atoms with E-state index in [0.29, 0.717) is 18.5 Å². The van der Waals surface area contributed by atoms with Crippen molar-refractivity contribution in [1.82, 2.24) is 4.31 Å². The molecule has 0 radical (unpaired) electrons. The number of sulfonamides is 1. The highest BCUT2D eigenvalue weighted by atomic mass is 32.2. The van der Waals surface area contributed by atoms with E-state index >= 15 is 0 Å². The number of aliphatic hydroxyl groups is 1. The maximum absolute atomic E-state index is 12.3. The molecular formula is C12H14N2O3S. The number of hydrogen-bond acceptors (Lipinski definition) is 4. The quantitative estimate of drug-likeness (QED) is 0.873. The molecule has 5 nitrogen and oxygen atoms in total. The molecule has 0 amide bonds. The minimum absolute atomic E-state index is 0.157. The summed E-state index contributed by atoms with van der Waals surface area (Å²) in [6.45, 7) is 0.281. The Kier molecular flexibility index (Phi) is 3.66. The molecule has 0 aliphatic carbocycles. The third kappa shape index (κ3) is 2.25. The van der Waals surface area contributed by atoms with Crippen LogP contribution in [0.1, 0.15) is 18.4 Å². The van der Waals surface area contributed by atoms with E-state index in [1.807, 2.05) is 6.07 Å². The highest BCUT2D eigenvalue weighted by Gasteiger charge is 2.34. The van der Waals surface area contributed by atoms with Crippen LogP contribution < -0.4 is 0 Å². The van der Waals surface area contributed by atoms with Crippen molar-refractivity contribution in [2.45, 2.75) is 23.8 Å². The SMILES string of the molecule is N#Cc1ccc(S(=O)(=O)N2CCCC2CO)cc1. The summed E-state index contributed by atoms with van der Waals surface area (Å²) in [6.07, 6.45) is 1.45. The minimum atomic E-state index is -3.56. The molecule has 1 heterocycles. The average molecular weight is 266 g/mol. The fourth-order valence-electron chi connectivity index (χ4n) is 2.14. The van der Waals surface area contributed by atoms with Gasteiger partial charge in [-0.1, -0.05) is 0 Å². The summed E-state index contributed by atoms with van der Waals surface area (Å²) in [5.74, 6) is 0. The molecule has 1 aromatic rings. The van der Waals surface area contributed by atoms with Crippen LogP contribution in [0.25, 0.3) is 0 Å². The molecule has 0 aromatic heterocycles. The number of rotatable bonds is 3. The van der Waals surface area contributed by atoms with Crippen LogP contribution in [0, 0.1) is 11.3 Å². The number of aliphatic hydroxyl groups excluding tert-OH is 1. The van der Waals surface area contributed by atoms with Crippen molar-refractivity contribution in [2.75, 3.05) is 13.2 Å². The number of nitrogens with zero attached hydrogens (tertiary/aromatic N) is 2. The first-order valence-electron chi connectivity index (χ1n) is 5.72. The van der Waals surface area contributed by atoms with E-state index in [1.54, 1.807) is 0 Å². The predicted molar refractivity (Wildman–Crippen MR) is 65.2 cm³/mol. The lowest BCUT2D eigenvalue weighted by molar-refractivity contribution is 0.213. The van der Waals surface area contributed by atoms with Gasteiger partial charge < -0.3 is 5.11 Å². The largest absolute Gasteiger partial charge is 0.395 e. The Hall–Kier alpha value is -1.42. The van der Waals surface area contributed by atoms with Crippen LogP contribution >= 0.6 is 0 Å². The Morgan fingerprint density at radius 2 is 2.06 bits per heavy atom. The highest BCUT2D eigenvalue weighted by Crippen LogP contribution is 2.25. The summed E-state index contributed by atoms with van der Waals surface area (Å²) in [7, 11) is -3.56. The van der Waals surface area contributed by atoms with Gasteiger partial charge in [0, 0.05) is 12.6 Å². The molecular weight excluding hydrogens is 252 g/mol. The second-order valence-corrected chi connectivity index (χ2v) is 6.12. The first kappa shape index (κ1) is 13.0. The molecule has 1 saturated heterocycles. The zero-order chi connectivity index (χ0) is 13.2. The Labute approximate surface area is 106 Å². The lowest BCUT2D eigenvalue weighted by Crippen LogP contribution is -2.37. The van der Waals surface area contributed by atoms with E-state index in [9.17, 15) is 13.5 Å². The molecule has 1 aliphatic heterocycles. The Bertz CT molecular complexity index is 560. The summed E-state index contributed by atoms with van der Waals surface area (Å²) in [5, 5.41) is 17.9. The van der Waals surface area contributed by atoms with Gasteiger partial charge in [-0.3, -0.25) is 0 Å². The zero-order valence-electron chi connectivity index (χ0n) is 9.78. The number of hydrogen-bond donors (Lipinski definition) is 1. The van der Waals surface area contributed by atoms with Crippen LogP contribution in [0.15, 0.2) is 29.2 Å². The van der Waals surface area contributed by atoms with Gasteiger partial charge in [-0.05, 0) is 37.1 Å². The van der Waals surface area contributed by atoms with Crippen molar-refractivity contribution in [2.24, 2.45) is 0 Å².